The Morgan fingerprint density at radius 1 is 1.59 bits per heavy atom. The van der Waals surface area contributed by atoms with Gasteiger partial charge in [0.25, 0.3) is 0 Å². The summed E-state index contributed by atoms with van der Waals surface area (Å²) in [5.41, 5.74) is 0. The fourth-order valence-electron chi connectivity index (χ4n) is 1.82. The molecule has 1 heterocycles. The largest absolute Gasteiger partial charge is 0.481 e. The molecule has 1 amide bonds. The third kappa shape index (κ3) is 2.64. The molecule has 0 bridgehead atoms. The van der Waals surface area contributed by atoms with Crippen LogP contribution in [0, 0.1) is 11.8 Å². The van der Waals surface area contributed by atoms with Crippen molar-refractivity contribution in [3.8, 4) is 0 Å². The monoisotopic (exact) mass is 237 g/mol. The van der Waals surface area contributed by atoms with Gasteiger partial charge in [0.1, 0.15) is 5.82 Å². The summed E-state index contributed by atoms with van der Waals surface area (Å²) in [5, 5.41) is 11.4. The van der Waals surface area contributed by atoms with Crippen LogP contribution in [0.5, 0.6) is 0 Å². The number of aryl methyl sites for hydroxylation is 1. The first-order valence-corrected chi connectivity index (χ1v) is 5.56. The van der Waals surface area contributed by atoms with Crippen molar-refractivity contribution >= 4 is 11.9 Å². The Balaban J connectivity index is 1.71. The van der Waals surface area contributed by atoms with Crippen molar-refractivity contribution in [3.05, 3.63) is 18.2 Å². The van der Waals surface area contributed by atoms with E-state index in [4.69, 9.17) is 5.11 Å². The molecule has 92 valence electrons. The van der Waals surface area contributed by atoms with E-state index in [-0.39, 0.29) is 11.8 Å². The van der Waals surface area contributed by atoms with Crippen LogP contribution in [0.2, 0.25) is 0 Å². The summed E-state index contributed by atoms with van der Waals surface area (Å²) in [4.78, 5) is 26.3. The first-order chi connectivity index (χ1) is 8.09. The minimum atomic E-state index is -0.880. The molecule has 0 unspecified atom stereocenters. The van der Waals surface area contributed by atoms with E-state index in [0.717, 1.165) is 5.82 Å². The molecule has 0 spiro atoms. The number of imidazole rings is 1. The lowest BCUT2D eigenvalue weighted by Gasteiger charge is -2.04. The molecule has 2 N–H and O–H groups in total. The first-order valence-electron chi connectivity index (χ1n) is 5.56. The van der Waals surface area contributed by atoms with E-state index in [1.165, 1.54) is 0 Å². The number of nitrogens with one attached hydrogen (secondary N) is 1. The zero-order valence-electron chi connectivity index (χ0n) is 9.59. The highest BCUT2D eigenvalue weighted by Gasteiger charge is 2.48. The predicted molar refractivity (Wildman–Crippen MR) is 59.2 cm³/mol. The summed E-state index contributed by atoms with van der Waals surface area (Å²) in [7, 11) is 1.89. The number of carboxylic acids is 1. The zero-order chi connectivity index (χ0) is 12.4. The maximum Gasteiger partial charge on any atom is 0.307 e. The minimum Gasteiger partial charge on any atom is -0.481 e. The van der Waals surface area contributed by atoms with E-state index in [2.05, 4.69) is 10.3 Å². The van der Waals surface area contributed by atoms with Crippen LogP contribution in [0.25, 0.3) is 0 Å². The average molecular weight is 237 g/mol. The van der Waals surface area contributed by atoms with Crippen LogP contribution < -0.4 is 5.32 Å². The lowest BCUT2D eigenvalue weighted by atomic mass is 10.3. The van der Waals surface area contributed by atoms with Crippen molar-refractivity contribution in [2.75, 3.05) is 6.54 Å². The molecule has 6 nitrogen and oxygen atoms in total. The molecule has 1 aliphatic rings. The van der Waals surface area contributed by atoms with Crippen molar-refractivity contribution in [2.24, 2.45) is 18.9 Å². The van der Waals surface area contributed by atoms with E-state index in [1.807, 2.05) is 17.8 Å². The normalized spacial score (nSPS) is 22.2. The Labute approximate surface area is 98.7 Å². The van der Waals surface area contributed by atoms with Gasteiger partial charge in [0.05, 0.1) is 11.8 Å². The highest BCUT2D eigenvalue weighted by molar-refractivity contribution is 5.89. The molecular formula is C11H15N3O3. The molecule has 2 atom stereocenters. The molecule has 0 saturated heterocycles. The number of hydrogen-bond acceptors (Lipinski definition) is 3. The van der Waals surface area contributed by atoms with Gasteiger partial charge in [-0.2, -0.15) is 0 Å². The first kappa shape index (κ1) is 11.6. The number of aliphatic carboxylic acids is 1. The third-order valence-corrected chi connectivity index (χ3v) is 3.01. The molecule has 1 aromatic rings. The Morgan fingerprint density at radius 2 is 2.35 bits per heavy atom. The summed E-state index contributed by atoms with van der Waals surface area (Å²) in [5.74, 6) is -0.964. The van der Waals surface area contributed by atoms with Crippen molar-refractivity contribution in [2.45, 2.75) is 12.8 Å². The molecular weight excluding hydrogens is 222 g/mol. The summed E-state index contributed by atoms with van der Waals surface area (Å²) in [6, 6.07) is 0. The second-order valence-corrected chi connectivity index (χ2v) is 4.28. The zero-order valence-corrected chi connectivity index (χ0v) is 9.59. The van der Waals surface area contributed by atoms with Gasteiger partial charge < -0.3 is 15.0 Å². The maximum absolute atomic E-state index is 11.5. The molecule has 1 aromatic heterocycles. The Hall–Kier alpha value is -1.85. The van der Waals surface area contributed by atoms with Crippen LogP contribution in [0.1, 0.15) is 12.2 Å². The number of carbonyl (C=O) groups excluding carboxylic acids is 1. The highest BCUT2D eigenvalue weighted by Crippen LogP contribution is 2.38. The van der Waals surface area contributed by atoms with E-state index in [1.54, 1.807) is 6.20 Å². The van der Waals surface area contributed by atoms with Gasteiger partial charge in [-0.1, -0.05) is 0 Å². The molecule has 0 radical (unpaired) electrons. The number of carboxylic acid groups (broad SMARTS) is 1. The number of carbonyl (C=O) groups is 2. The van der Waals surface area contributed by atoms with Crippen molar-refractivity contribution in [1.82, 2.24) is 14.9 Å². The number of amides is 1. The standard InChI is InChI=1S/C11H15N3O3/c1-14-5-4-12-9(14)2-3-13-10(15)7-6-8(7)11(16)17/h4-5,7-8H,2-3,6H2,1H3,(H,13,15)(H,16,17)/t7-,8+/m1/s1. The molecule has 0 aromatic carbocycles. The van der Waals surface area contributed by atoms with E-state index >= 15 is 0 Å². The van der Waals surface area contributed by atoms with Crippen LogP contribution in [-0.4, -0.2) is 33.1 Å². The second-order valence-electron chi connectivity index (χ2n) is 4.28. The molecule has 1 aliphatic carbocycles. The smallest absolute Gasteiger partial charge is 0.307 e. The van der Waals surface area contributed by atoms with E-state index in [9.17, 15) is 9.59 Å². The SMILES string of the molecule is Cn1ccnc1CCNC(=O)[C@@H]1C[C@@H]1C(=O)O. The Morgan fingerprint density at radius 3 is 2.88 bits per heavy atom. The van der Waals surface area contributed by atoms with Crippen molar-refractivity contribution < 1.29 is 14.7 Å². The van der Waals surface area contributed by atoms with E-state index in [0.29, 0.717) is 19.4 Å². The lowest BCUT2D eigenvalue weighted by molar-refractivity contribution is -0.140. The van der Waals surface area contributed by atoms with Gasteiger partial charge in [0, 0.05) is 32.4 Å². The fraction of sp³-hybridized carbons (Fsp3) is 0.545. The van der Waals surface area contributed by atoms with Gasteiger partial charge in [-0.3, -0.25) is 9.59 Å². The summed E-state index contributed by atoms with van der Waals surface area (Å²) < 4.78 is 1.89. The van der Waals surface area contributed by atoms with Gasteiger partial charge in [-0.05, 0) is 6.42 Å². The number of hydrogen-bond donors (Lipinski definition) is 2. The topological polar surface area (TPSA) is 84.2 Å². The molecule has 1 saturated carbocycles. The molecule has 17 heavy (non-hydrogen) atoms. The Bertz CT molecular complexity index is 441. The second kappa shape index (κ2) is 4.57. The Kier molecular flexibility index (Phi) is 3.12. The van der Waals surface area contributed by atoms with Gasteiger partial charge in [-0.15, -0.1) is 0 Å². The highest BCUT2D eigenvalue weighted by atomic mass is 16.4. The number of rotatable bonds is 5. The molecule has 2 rings (SSSR count). The molecule has 0 aliphatic heterocycles. The molecule has 1 fully saturated rings. The lowest BCUT2D eigenvalue weighted by Crippen LogP contribution is -2.28. The van der Waals surface area contributed by atoms with Crippen molar-refractivity contribution in [3.63, 3.8) is 0 Å². The van der Waals surface area contributed by atoms with Crippen LogP contribution in [0.3, 0.4) is 0 Å². The van der Waals surface area contributed by atoms with Crippen LogP contribution in [0.4, 0.5) is 0 Å². The van der Waals surface area contributed by atoms with Crippen LogP contribution in [0.15, 0.2) is 12.4 Å². The predicted octanol–water partition coefficient (Wildman–Crippen LogP) is -0.200. The van der Waals surface area contributed by atoms with Crippen LogP contribution in [-0.2, 0) is 23.1 Å². The fourth-order valence-corrected chi connectivity index (χ4v) is 1.82. The van der Waals surface area contributed by atoms with Crippen LogP contribution >= 0.6 is 0 Å². The molecule has 6 heteroatoms. The van der Waals surface area contributed by atoms with Gasteiger partial charge in [-0.25, -0.2) is 4.98 Å². The number of nitrogens with zero attached hydrogens (tertiary/aromatic N) is 2. The van der Waals surface area contributed by atoms with Gasteiger partial charge in [0.2, 0.25) is 5.91 Å². The summed E-state index contributed by atoms with van der Waals surface area (Å²) >= 11 is 0. The van der Waals surface area contributed by atoms with Crippen molar-refractivity contribution in [1.29, 1.82) is 0 Å². The average Bonchev–Trinajstić information content (AvgIpc) is 2.99. The third-order valence-electron chi connectivity index (χ3n) is 3.01. The summed E-state index contributed by atoms with van der Waals surface area (Å²) in [6.45, 7) is 0.493. The van der Waals surface area contributed by atoms with Gasteiger partial charge in [0.15, 0.2) is 0 Å². The van der Waals surface area contributed by atoms with Gasteiger partial charge >= 0.3 is 5.97 Å². The minimum absolute atomic E-state index is 0.161. The maximum atomic E-state index is 11.5. The quantitative estimate of drug-likeness (QED) is 0.742. The number of aromatic nitrogens is 2. The summed E-state index contributed by atoms with van der Waals surface area (Å²) in [6.07, 6.45) is 4.67. The van der Waals surface area contributed by atoms with E-state index < -0.39 is 11.9 Å².